The van der Waals surface area contributed by atoms with Crippen LogP contribution in [-0.4, -0.2) is 85.9 Å². The van der Waals surface area contributed by atoms with Crippen LogP contribution in [0.2, 0.25) is 0 Å². The minimum absolute atomic E-state index is 0.194. The summed E-state index contributed by atoms with van der Waals surface area (Å²) in [7, 11) is 0. The van der Waals surface area contributed by atoms with Crippen LogP contribution < -0.4 is 22.5 Å². The summed E-state index contributed by atoms with van der Waals surface area (Å²) in [6, 6.07) is 2.25. The molecule has 4 heterocycles. The van der Waals surface area contributed by atoms with Crippen LogP contribution in [0.1, 0.15) is 32.7 Å². The van der Waals surface area contributed by atoms with Crippen molar-refractivity contribution in [3.63, 3.8) is 0 Å². The number of aliphatic hydroxyl groups is 4. The molecule has 2 fully saturated rings. The van der Waals surface area contributed by atoms with Crippen molar-refractivity contribution in [1.29, 1.82) is 0 Å². The number of hydrogen-bond acceptors (Lipinski definition) is 10. The number of aromatic amines is 2. The Morgan fingerprint density at radius 2 is 1.27 bits per heavy atom. The molecule has 248 valence electrons. The van der Waals surface area contributed by atoms with Crippen LogP contribution in [0.5, 0.6) is 0 Å². The van der Waals surface area contributed by atoms with Crippen molar-refractivity contribution in [3.8, 4) is 24.7 Å². The maximum Gasteiger partial charge on any atom is 0.450 e. The quantitative estimate of drug-likeness (QED) is 0.142. The van der Waals surface area contributed by atoms with E-state index in [1.807, 2.05) is 11.9 Å². The van der Waals surface area contributed by atoms with E-state index < -0.39 is 76.0 Å². The predicted octanol–water partition coefficient (Wildman–Crippen LogP) is 0.105. The number of aliphatic hydroxyl groups excluding tert-OH is 4. The molecule has 2 aromatic rings. The van der Waals surface area contributed by atoms with E-state index in [1.165, 1.54) is 12.3 Å². The zero-order valence-electron chi connectivity index (χ0n) is 23.6. The van der Waals surface area contributed by atoms with Gasteiger partial charge in [-0.05, 0) is 6.42 Å². The van der Waals surface area contributed by atoms with Gasteiger partial charge in [-0.3, -0.25) is 28.7 Å². The Bertz CT molecular complexity index is 1460. The number of rotatable bonds is 4. The lowest BCUT2D eigenvalue weighted by Crippen LogP contribution is -2.45. The molecule has 0 spiro atoms. The van der Waals surface area contributed by atoms with Crippen LogP contribution >= 0.6 is 57.6 Å². The van der Waals surface area contributed by atoms with Gasteiger partial charge in [0.05, 0.1) is 11.9 Å². The molecular weight excluding hydrogens is 704 g/mol. The van der Waals surface area contributed by atoms with Crippen molar-refractivity contribution in [2.24, 2.45) is 5.92 Å². The molecule has 14 nitrogen and oxygen atoms in total. The summed E-state index contributed by atoms with van der Waals surface area (Å²) in [6.07, 6.45) is 7.41. The van der Waals surface area contributed by atoms with Crippen molar-refractivity contribution in [3.05, 3.63) is 66.2 Å². The van der Waals surface area contributed by atoms with E-state index in [-0.39, 0.29) is 11.3 Å². The Balaban J connectivity index is 0.000000373. The highest BCUT2D eigenvalue weighted by atomic mass is 35.6. The van der Waals surface area contributed by atoms with Gasteiger partial charge in [0.25, 0.3) is 11.1 Å². The van der Waals surface area contributed by atoms with E-state index in [0.29, 0.717) is 6.42 Å². The number of nitrogens with one attached hydrogen (secondary N) is 2. The SMILES string of the molecule is C#C[C@]1(CC)O[C@@H](n2ccc(=O)[nH]c2=O)C(O)C1C.C#C[C@]1(CO)O[C@@H](n2ccc(=O)[nH]c2=O)C(O)C1O.ClB(Cl)Cl.ClCCl. The van der Waals surface area contributed by atoms with Gasteiger partial charge in [-0.1, -0.05) is 25.7 Å². The number of halogens is 5. The predicted molar refractivity (Wildman–Crippen MR) is 170 cm³/mol. The number of terminal acetylenes is 2. The average molecular weight is 735 g/mol. The Morgan fingerprint density at radius 3 is 1.56 bits per heavy atom. The third-order valence-corrected chi connectivity index (χ3v) is 6.79. The maximum atomic E-state index is 11.7. The lowest BCUT2D eigenvalue weighted by molar-refractivity contribution is -0.0936. The number of H-pyrrole nitrogens is 2. The fourth-order valence-electron chi connectivity index (χ4n) is 4.37. The minimum atomic E-state index is -1.79. The molecule has 2 aliphatic rings. The third-order valence-electron chi connectivity index (χ3n) is 6.79. The highest BCUT2D eigenvalue weighted by Gasteiger charge is 2.54. The van der Waals surface area contributed by atoms with E-state index in [9.17, 15) is 39.6 Å². The van der Waals surface area contributed by atoms with Crippen molar-refractivity contribution in [2.75, 3.05) is 11.9 Å². The fraction of sp³-hybridized carbons (Fsp3) is 0.520. The van der Waals surface area contributed by atoms with Crippen LogP contribution in [0.15, 0.2) is 43.7 Å². The van der Waals surface area contributed by atoms with Crippen molar-refractivity contribution >= 4 is 62.5 Å². The molecule has 20 heteroatoms. The molecule has 4 rings (SSSR count). The maximum absolute atomic E-state index is 11.7. The summed E-state index contributed by atoms with van der Waals surface area (Å²) in [5.74, 6) is 4.32. The van der Waals surface area contributed by atoms with Gasteiger partial charge in [-0.15, -0.1) is 36.0 Å². The Labute approximate surface area is 281 Å². The second-order valence-electron chi connectivity index (χ2n) is 9.19. The van der Waals surface area contributed by atoms with Crippen LogP contribution in [0.25, 0.3) is 0 Å². The Hall–Kier alpha value is -2.25. The van der Waals surface area contributed by atoms with E-state index in [4.69, 9.17) is 79.9 Å². The van der Waals surface area contributed by atoms with Gasteiger partial charge >= 0.3 is 16.3 Å². The van der Waals surface area contributed by atoms with E-state index >= 15 is 0 Å². The van der Waals surface area contributed by atoms with Crippen molar-refractivity contribution in [1.82, 2.24) is 19.1 Å². The zero-order chi connectivity index (χ0) is 34.7. The van der Waals surface area contributed by atoms with Gasteiger partial charge in [0.2, 0.25) is 0 Å². The van der Waals surface area contributed by atoms with Gasteiger partial charge in [0.15, 0.2) is 18.1 Å². The second kappa shape index (κ2) is 18.2. The second-order valence-corrected chi connectivity index (χ2v) is 12.0. The van der Waals surface area contributed by atoms with Crippen LogP contribution in [-0.2, 0) is 9.47 Å². The van der Waals surface area contributed by atoms with Crippen molar-refractivity contribution in [2.45, 2.75) is 62.2 Å². The minimum Gasteiger partial charge on any atom is -0.392 e. The van der Waals surface area contributed by atoms with Gasteiger partial charge in [0, 0.05) is 30.4 Å². The van der Waals surface area contributed by atoms with Gasteiger partial charge < -0.3 is 29.9 Å². The first kappa shape index (κ1) is 40.8. The van der Waals surface area contributed by atoms with Crippen molar-refractivity contribution < 1.29 is 29.9 Å². The highest BCUT2D eigenvalue weighted by molar-refractivity contribution is 7.54. The molecule has 0 bridgehead atoms. The first-order valence-electron chi connectivity index (χ1n) is 12.7. The number of nitrogens with zero attached hydrogens (tertiary/aromatic N) is 2. The normalized spacial score (nSPS) is 29.8. The highest BCUT2D eigenvalue weighted by Crippen LogP contribution is 2.42. The number of hydrogen-bond donors (Lipinski definition) is 6. The largest absolute Gasteiger partial charge is 0.450 e. The van der Waals surface area contributed by atoms with Gasteiger partial charge in [-0.25, -0.2) is 9.59 Å². The smallest absolute Gasteiger partial charge is 0.392 e. The molecule has 6 N–H and O–H groups in total. The van der Waals surface area contributed by atoms with Crippen LogP contribution in [0.3, 0.4) is 0 Å². The molecule has 2 aliphatic heterocycles. The van der Waals surface area contributed by atoms with E-state index in [1.54, 1.807) is 6.92 Å². The number of ether oxygens (including phenoxy) is 2. The molecular formula is C25H30BCl5N4O10. The first-order valence-corrected chi connectivity index (χ1v) is 15.1. The summed E-state index contributed by atoms with van der Waals surface area (Å²) < 4.78 is 13.0. The topological polar surface area (TPSA) is 209 Å². The average Bonchev–Trinajstić information content (AvgIpc) is 3.39. The molecule has 45 heavy (non-hydrogen) atoms. The summed E-state index contributed by atoms with van der Waals surface area (Å²) in [4.78, 5) is 48.7. The summed E-state index contributed by atoms with van der Waals surface area (Å²) in [5.41, 5.74) is -5.26. The molecule has 2 saturated heterocycles. The number of alkyl halides is 2. The number of aromatic nitrogens is 4. The monoisotopic (exact) mass is 732 g/mol. The van der Waals surface area contributed by atoms with E-state index in [2.05, 4.69) is 16.8 Å². The van der Waals surface area contributed by atoms with Crippen LogP contribution in [0.4, 0.5) is 0 Å². The van der Waals surface area contributed by atoms with E-state index in [0.717, 1.165) is 21.4 Å². The summed E-state index contributed by atoms with van der Waals surface area (Å²) in [6.45, 7) is 2.92. The standard InChI is InChI=1S/C13H16N2O4.C11H12N2O6.CH2Cl2.BCl3/c1-4-13(5-2)8(3)10(17)11(19-13)15-7-6-9(16)14-12(15)18;1-2-11(5-14)8(17)7(16)9(19-11)13-4-3-6(15)12-10(13)18;2-1-3;2-1(3)4/h1,6-8,10-11,17H,5H2,2-3H3,(H,14,16,18);1,3-4,7-9,14,16-17H,5H2,(H,12,15,18);1H2;/t8?,10?,11-,13-;7?,8?,9-,11-;;/m11../s1. The molecule has 0 radical (unpaired) electrons. The lowest BCUT2D eigenvalue weighted by Gasteiger charge is -2.25. The molecule has 2 aromatic heterocycles. The van der Waals surface area contributed by atoms with Gasteiger partial charge in [0.1, 0.15) is 23.9 Å². The molecule has 0 aromatic carbocycles. The zero-order valence-corrected chi connectivity index (χ0v) is 27.4. The summed E-state index contributed by atoms with van der Waals surface area (Å²) >= 11 is 23.9. The molecule has 0 aliphatic carbocycles. The first-order chi connectivity index (χ1) is 21.0. The Morgan fingerprint density at radius 1 is 0.889 bits per heavy atom. The molecule has 4 unspecified atom stereocenters. The van der Waals surface area contributed by atoms with Crippen LogP contribution in [0, 0.1) is 30.6 Å². The molecule has 0 amide bonds. The lowest BCUT2D eigenvalue weighted by atomic mass is 9.85. The van der Waals surface area contributed by atoms with Gasteiger partial charge in [-0.2, -0.15) is 34.4 Å². The molecule has 0 saturated carbocycles. The fourth-order valence-corrected chi connectivity index (χ4v) is 4.37. The third kappa shape index (κ3) is 9.87. The molecule has 8 atom stereocenters. The Kier molecular flexibility index (Phi) is 16.5. The summed E-state index contributed by atoms with van der Waals surface area (Å²) in [5, 5.41) is 39.3.